The normalized spacial score (nSPS) is 14.3. The van der Waals surface area contributed by atoms with Crippen molar-refractivity contribution in [1.82, 2.24) is 10.2 Å². The van der Waals surface area contributed by atoms with Gasteiger partial charge in [-0.05, 0) is 49.4 Å². The van der Waals surface area contributed by atoms with Crippen LogP contribution < -0.4 is 20.3 Å². The summed E-state index contributed by atoms with van der Waals surface area (Å²) in [6.45, 7) is 4.98. The predicted octanol–water partition coefficient (Wildman–Crippen LogP) is 2.10. The van der Waals surface area contributed by atoms with Crippen LogP contribution in [0.25, 0.3) is 0 Å². The van der Waals surface area contributed by atoms with E-state index in [2.05, 4.69) is 32.6 Å². The number of hydrogen-bond acceptors (Lipinski definition) is 5. The molecule has 1 aliphatic heterocycles. The fourth-order valence-electron chi connectivity index (χ4n) is 3.35. The zero-order chi connectivity index (χ0) is 21.3. The van der Waals surface area contributed by atoms with Crippen molar-refractivity contribution in [1.29, 1.82) is 0 Å². The monoisotopic (exact) mass is 414 g/mol. The van der Waals surface area contributed by atoms with Gasteiger partial charge in [0.1, 0.15) is 11.6 Å². The summed E-state index contributed by atoms with van der Waals surface area (Å²) in [5.74, 6) is -1.36. The Labute approximate surface area is 175 Å². The Kier molecular flexibility index (Phi) is 7.62. The summed E-state index contributed by atoms with van der Waals surface area (Å²) in [7, 11) is 1.66. The molecule has 0 bridgehead atoms. The number of anilines is 2. The van der Waals surface area contributed by atoms with Crippen LogP contribution in [-0.2, 0) is 9.59 Å². The average Bonchev–Trinajstić information content (AvgIpc) is 2.78. The fourth-order valence-corrected chi connectivity index (χ4v) is 3.35. The van der Waals surface area contributed by atoms with Gasteiger partial charge in [0.25, 0.3) is 0 Å². The Hall–Kier alpha value is -3.13. The molecular formula is C22H27FN4O3. The number of methoxy groups -OCH3 is 1. The highest BCUT2D eigenvalue weighted by molar-refractivity contribution is 6.39. The molecule has 2 aromatic rings. The van der Waals surface area contributed by atoms with Crippen LogP contribution in [0.2, 0.25) is 0 Å². The molecule has 1 fully saturated rings. The quantitative estimate of drug-likeness (QED) is 0.536. The number of hydrogen-bond donors (Lipinski definition) is 2. The van der Waals surface area contributed by atoms with E-state index in [-0.39, 0.29) is 5.69 Å². The Morgan fingerprint density at radius 1 is 1.00 bits per heavy atom. The van der Waals surface area contributed by atoms with Crippen molar-refractivity contribution >= 4 is 23.2 Å². The first-order valence-corrected chi connectivity index (χ1v) is 10.0. The van der Waals surface area contributed by atoms with Gasteiger partial charge >= 0.3 is 11.8 Å². The number of rotatable bonds is 7. The van der Waals surface area contributed by atoms with Crippen molar-refractivity contribution in [3.8, 4) is 5.75 Å². The van der Waals surface area contributed by atoms with Gasteiger partial charge in [-0.25, -0.2) is 4.39 Å². The Morgan fingerprint density at radius 2 is 1.70 bits per heavy atom. The molecule has 8 heteroatoms. The molecule has 1 saturated heterocycles. The molecule has 2 amide bonds. The first kappa shape index (κ1) is 21.6. The molecular weight excluding hydrogens is 387 g/mol. The smallest absolute Gasteiger partial charge is 0.313 e. The minimum Gasteiger partial charge on any atom is -0.497 e. The highest BCUT2D eigenvalue weighted by Crippen LogP contribution is 2.20. The molecule has 1 heterocycles. The number of piperazine rings is 1. The van der Waals surface area contributed by atoms with E-state index in [0.29, 0.717) is 6.54 Å². The van der Waals surface area contributed by atoms with Crippen molar-refractivity contribution in [2.45, 2.75) is 6.42 Å². The number of carbonyl (C=O) groups excluding carboxylic acids is 2. The largest absolute Gasteiger partial charge is 0.497 e. The van der Waals surface area contributed by atoms with Gasteiger partial charge in [-0.1, -0.05) is 12.1 Å². The number of ether oxygens (including phenoxy) is 1. The number of amides is 2. The first-order chi connectivity index (χ1) is 14.6. The maximum atomic E-state index is 13.5. The van der Waals surface area contributed by atoms with Gasteiger partial charge in [0.15, 0.2) is 0 Å². The fraction of sp³-hybridized carbons (Fsp3) is 0.364. The van der Waals surface area contributed by atoms with Crippen LogP contribution in [0, 0.1) is 5.82 Å². The Bertz CT molecular complexity index is 852. The topological polar surface area (TPSA) is 73.9 Å². The van der Waals surface area contributed by atoms with Gasteiger partial charge in [0, 0.05) is 38.4 Å². The van der Waals surface area contributed by atoms with Gasteiger partial charge in [0.05, 0.1) is 12.8 Å². The molecule has 0 atom stereocenters. The van der Waals surface area contributed by atoms with Gasteiger partial charge in [0.2, 0.25) is 0 Å². The molecule has 3 rings (SSSR count). The van der Waals surface area contributed by atoms with Crippen LogP contribution in [0.3, 0.4) is 0 Å². The van der Waals surface area contributed by atoms with Crippen molar-refractivity contribution in [3.63, 3.8) is 0 Å². The molecule has 0 spiro atoms. The number of nitrogens with zero attached hydrogens (tertiary/aromatic N) is 2. The number of halogens is 1. The van der Waals surface area contributed by atoms with Gasteiger partial charge in [-0.15, -0.1) is 0 Å². The minimum atomic E-state index is -0.867. The first-order valence-electron chi connectivity index (χ1n) is 10.0. The Balaban J connectivity index is 1.32. The minimum absolute atomic E-state index is 0.00705. The molecule has 160 valence electrons. The molecule has 0 radical (unpaired) electrons. The third kappa shape index (κ3) is 5.93. The van der Waals surface area contributed by atoms with Gasteiger partial charge in [-0.2, -0.15) is 0 Å². The molecule has 0 unspecified atom stereocenters. The summed E-state index contributed by atoms with van der Waals surface area (Å²) in [6.07, 6.45) is 0.737. The van der Waals surface area contributed by atoms with E-state index in [1.807, 2.05) is 12.1 Å². The number of nitrogens with one attached hydrogen (secondary N) is 2. The number of carbonyl (C=O) groups is 2. The average molecular weight is 414 g/mol. The summed E-state index contributed by atoms with van der Waals surface area (Å²) >= 11 is 0. The van der Waals surface area contributed by atoms with E-state index in [0.717, 1.165) is 44.9 Å². The zero-order valence-electron chi connectivity index (χ0n) is 17.1. The second kappa shape index (κ2) is 10.6. The molecule has 0 aromatic heterocycles. The lowest BCUT2D eigenvalue weighted by atomic mass is 10.2. The van der Waals surface area contributed by atoms with Crippen LogP contribution >= 0.6 is 0 Å². The number of para-hydroxylation sites is 1. The van der Waals surface area contributed by atoms with E-state index in [1.54, 1.807) is 13.2 Å². The maximum absolute atomic E-state index is 13.5. The summed E-state index contributed by atoms with van der Waals surface area (Å²) in [5.41, 5.74) is 1.18. The van der Waals surface area contributed by atoms with E-state index in [1.165, 1.54) is 23.9 Å². The van der Waals surface area contributed by atoms with Crippen molar-refractivity contribution in [3.05, 3.63) is 54.3 Å². The van der Waals surface area contributed by atoms with Crippen LogP contribution in [-0.4, -0.2) is 63.1 Å². The van der Waals surface area contributed by atoms with Crippen LogP contribution in [0.1, 0.15) is 6.42 Å². The van der Waals surface area contributed by atoms with E-state index in [4.69, 9.17) is 4.74 Å². The number of benzene rings is 2. The molecule has 2 aromatic carbocycles. The molecule has 0 saturated carbocycles. The second-order valence-corrected chi connectivity index (χ2v) is 7.07. The lowest BCUT2D eigenvalue weighted by Crippen LogP contribution is -2.47. The lowest BCUT2D eigenvalue weighted by Gasteiger charge is -2.36. The SMILES string of the molecule is COc1ccc(N2CCN(CCCNC(=O)C(=O)Nc3ccccc3F)CC2)cc1. The van der Waals surface area contributed by atoms with Crippen LogP contribution in [0.5, 0.6) is 5.75 Å². The molecule has 0 aliphatic carbocycles. The zero-order valence-corrected chi connectivity index (χ0v) is 17.1. The second-order valence-electron chi connectivity index (χ2n) is 7.07. The third-order valence-corrected chi connectivity index (χ3v) is 5.07. The predicted molar refractivity (Wildman–Crippen MR) is 114 cm³/mol. The molecule has 1 aliphatic rings. The van der Waals surface area contributed by atoms with E-state index < -0.39 is 17.6 Å². The lowest BCUT2D eigenvalue weighted by molar-refractivity contribution is -0.136. The van der Waals surface area contributed by atoms with Crippen LogP contribution in [0.15, 0.2) is 48.5 Å². The van der Waals surface area contributed by atoms with Gasteiger partial charge < -0.3 is 20.3 Å². The summed E-state index contributed by atoms with van der Waals surface area (Å²) in [6, 6.07) is 13.8. The summed E-state index contributed by atoms with van der Waals surface area (Å²) < 4.78 is 18.7. The highest BCUT2D eigenvalue weighted by Gasteiger charge is 2.18. The van der Waals surface area contributed by atoms with E-state index in [9.17, 15) is 14.0 Å². The molecule has 30 heavy (non-hydrogen) atoms. The molecule has 7 nitrogen and oxygen atoms in total. The van der Waals surface area contributed by atoms with Crippen LogP contribution in [0.4, 0.5) is 15.8 Å². The maximum Gasteiger partial charge on any atom is 0.313 e. The summed E-state index contributed by atoms with van der Waals surface area (Å²) in [4.78, 5) is 28.4. The standard InChI is InChI=1S/C22H27FN4O3/c1-30-18-9-7-17(8-10-18)27-15-13-26(14-16-27)12-4-11-24-21(28)22(29)25-20-6-3-2-5-19(20)23/h2-3,5-10H,4,11-16H2,1H3,(H,24,28)(H,25,29). The third-order valence-electron chi connectivity index (χ3n) is 5.07. The summed E-state index contributed by atoms with van der Waals surface area (Å²) in [5, 5.41) is 4.86. The van der Waals surface area contributed by atoms with E-state index >= 15 is 0 Å². The van der Waals surface area contributed by atoms with Crippen molar-refractivity contribution in [2.75, 3.05) is 56.6 Å². The highest BCUT2D eigenvalue weighted by atomic mass is 19.1. The van der Waals surface area contributed by atoms with Gasteiger partial charge in [-0.3, -0.25) is 14.5 Å². The Morgan fingerprint density at radius 3 is 2.37 bits per heavy atom. The molecule has 2 N–H and O–H groups in total. The van der Waals surface area contributed by atoms with Crippen molar-refractivity contribution in [2.24, 2.45) is 0 Å². The van der Waals surface area contributed by atoms with Crippen molar-refractivity contribution < 1.29 is 18.7 Å².